The van der Waals surface area contributed by atoms with Crippen molar-refractivity contribution in [3.63, 3.8) is 0 Å². The molecule has 0 saturated heterocycles. The van der Waals surface area contributed by atoms with Crippen LogP contribution in [0.5, 0.6) is 11.5 Å². The number of carbonyl (C=O) groups excluding carboxylic acids is 1. The van der Waals surface area contributed by atoms with Crippen LogP contribution in [-0.2, 0) is 17.8 Å². The lowest BCUT2D eigenvalue weighted by atomic mass is 10.1. The van der Waals surface area contributed by atoms with Gasteiger partial charge in [0.2, 0.25) is 5.91 Å². The second kappa shape index (κ2) is 12.5. The van der Waals surface area contributed by atoms with E-state index in [0.717, 1.165) is 47.7 Å². The first-order chi connectivity index (χ1) is 16.4. The summed E-state index contributed by atoms with van der Waals surface area (Å²) in [5.74, 6) is 0.443. The van der Waals surface area contributed by atoms with E-state index in [1.165, 1.54) is 0 Å². The minimum atomic E-state index is -0.958. The van der Waals surface area contributed by atoms with Crippen molar-refractivity contribution in [2.45, 2.75) is 19.4 Å². The SMILES string of the molecule is CN(C)CCCc1cc(NC(=O)CNCc2ccc(C(=O)O)cc2)ccc1Oc1ccccc1. The van der Waals surface area contributed by atoms with E-state index in [1.54, 1.807) is 24.3 Å². The number of carboxylic acids is 1. The number of para-hydroxylation sites is 1. The molecule has 7 heteroatoms. The predicted molar refractivity (Wildman–Crippen MR) is 134 cm³/mol. The van der Waals surface area contributed by atoms with Crippen LogP contribution in [0.1, 0.15) is 27.9 Å². The Bertz CT molecular complexity index is 1080. The van der Waals surface area contributed by atoms with Gasteiger partial charge in [-0.25, -0.2) is 4.79 Å². The van der Waals surface area contributed by atoms with Gasteiger partial charge in [-0.2, -0.15) is 0 Å². The molecular formula is C27H31N3O4. The Morgan fingerprint density at radius 1 is 0.971 bits per heavy atom. The van der Waals surface area contributed by atoms with Gasteiger partial charge in [0.25, 0.3) is 0 Å². The van der Waals surface area contributed by atoms with Crippen molar-refractivity contribution in [3.8, 4) is 11.5 Å². The van der Waals surface area contributed by atoms with Crippen molar-refractivity contribution in [1.82, 2.24) is 10.2 Å². The Balaban J connectivity index is 1.58. The number of benzene rings is 3. The normalized spacial score (nSPS) is 10.8. The van der Waals surface area contributed by atoms with Crippen molar-refractivity contribution in [1.29, 1.82) is 0 Å². The summed E-state index contributed by atoms with van der Waals surface area (Å²) in [6, 6.07) is 21.9. The molecule has 0 atom stereocenters. The molecule has 0 unspecified atom stereocenters. The smallest absolute Gasteiger partial charge is 0.335 e. The highest BCUT2D eigenvalue weighted by molar-refractivity contribution is 5.92. The average Bonchev–Trinajstić information content (AvgIpc) is 2.81. The number of carbonyl (C=O) groups is 2. The highest BCUT2D eigenvalue weighted by Gasteiger charge is 2.10. The average molecular weight is 462 g/mol. The molecule has 0 bridgehead atoms. The summed E-state index contributed by atoms with van der Waals surface area (Å²) in [7, 11) is 4.09. The van der Waals surface area contributed by atoms with E-state index in [2.05, 4.69) is 15.5 Å². The largest absolute Gasteiger partial charge is 0.478 e. The molecule has 1 amide bonds. The number of aromatic carboxylic acids is 1. The molecule has 3 aromatic rings. The van der Waals surface area contributed by atoms with Gasteiger partial charge in [0, 0.05) is 12.2 Å². The number of hydrogen-bond donors (Lipinski definition) is 3. The number of ether oxygens (including phenoxy) is 1. The second-order valence-electron chi connectivity index (χ2n) is 8.30. The van der Waals surface area contributed by atoms with Crippen molar-refractivity contribution in [2.24, 2.45) is 0 Å². The van der Waals surface area contributed by atoms with Crippen LogP contribution in [0.2, 0.25) is 0 Å². The zero-order valence-electron chi connectivity index (χ0n) is 19.6. The first-order valence-electron chi connectivity index (χ1n) is 11.2. The highest BCUT2D eigenvalue weighted by Crippen LogP contribution is 2.29. The molecule has 0 aliphatic carbocycles. The van der Waals surface area contributed by atoms with Crippen LogP contribution in [-0.4, -0.2) is 49.1 Å². The van der Waals surface area contributed by atoms with Crippen molar-refractivity contribution < 1.29 is 19.4 Å². The lowest BCUT2D eigenvalue weighted by Gasteiger charge is -2.15. The molecule has 0 aliphatic heterocycles. The zero-order valence-corrected chi connectivity index (χ0v) is 19.6. The topological polar surface area (TPSA) is 90.9 Å². The van der Waals surface area contributed by atoms with Gasteiger partial charge < -0.3 is 25.4 Å². The number of hydrogen-bond acceptors (Lipinski definition) is 5. The predicted octanol–water partition coefficient (Wildman–Crippen LogP) is 4.40. The van der Waals surface area contributed by atoms with Gasteiger partial charge in [0.05, 0.1) is 12.1 Å². The third-order valence-electron chi connectivity index (χ3n) is 5.18. The van der Waals surface area contributed by atoms with Crippen LogP contribution in [0.25, 0.3) is 0 Å². The number of amides is 1. The molecule has 34 heavy (non-hydrogen) atoms. The summed E-state index contributed by atoms with van der Waals surface area (Å²) < 4.78 is 6.09. The van der Waals surface area contributed by atoms with Gasteiger partial charge >= 0.3 is 5.97 Å². The van der Waals surface area contributed by atoms with E-state index in [0.29, 0.717) is 6.54 Å². The van der Waals surface area contributed by atoms with E-state index in [1.807, 2.05) is 62.6 Å². The number of carboxylic acid groups (broad SMARTS) is 1. The molecule has 0 radical (unpaired) electrons. The summed E-state index contributed by atoms with van der Waals surface area (Å²) in [6.07, 6.45) is 1.80. The molecule has 0 fully saturated rings. The lowest BCUT2D eigenvalue weighted by molar-refractivity contribution is -0.115. The molecule has 3 aromatic carbocycles. The number of anilines is 1. The van der Waals surface area contributed by atoms with Gasteiger partial charge in [-0.05, 0) is 87.1 Å². The Labute approximate surface area is 200 Å². The van der Waals surface area contributed by atoms with Gasteiger partial charge in [-0.3, -0.25) is 4.79 Å². The molecule has 0 heterocycles. The maximum atomic E-state index is 12.4. The zero-order chi connectivity index (χ0) is 24.3. The molecule has 7 nitrogen and oxygen atoms in total. The summed E-state index contributed by atoms with van der Waals surface area (Å²) >= 11 is 0. The lowest BCUT2D eigenvalue weighted by Crippen LogP contribution is -2.27. The van der Waals surface area contributed by atoms with E-state index in [4.69, 9.17) is 9.84 Å². The second-order valence-corrected chi connectivity index (χ2v) is 8.30. The summed E-state index contributed by atoms with van der Waals surface area (Å²) in [4.78, 5) is 25.5. The quantitative estimate of drug-likeness (QED) is 0.370. The molecule has 3 rings (SSSR count). The Kier molecular flexibility index (Phi) is 9.20. The van der Waals surface area contributed by atoms with Gasteiger partial charge in [0.1, 0.15) is 11.5 Å². The van der Waals surface area contributed by atoms with E-state index >= 15 is 0 Å². The maximum absolute atomic E-state index is 12.4. The van der Waals surface area contributed by atoms with Crippen LogP contribution in [0, 0.1) is 0 Å². The number of nitrogens with zero attached hydrogens (tertiary/aromatic N) is 1. The Hall–Kier alpha value is -3.68. The molecule has 178 valence electrons. The van der Waals surface area contributed by atoms with Crippen LogP contribution < -0.4 is 15.4 Å². The fourth-order valence-electron chi connectivity index (χ4n) is 3.44. The Morgan fingerprint density at radius 2 is 1.71 bits per heavy atom. The fourth-order valence-corrected chi connectivity index (χ4v) is 3.44. The monoisotopic (exact) mass is 461 g/mol. The molecular weight excluding hydrogens is 430 g/mol. The van der Waals surface area contributed by atoms with Crippen LogP contribution in [0.3, 0.4) is 0 Å². The number of nitrogens with one attached hydrogen (secondary N) is 2. The highest BCUT2D eigenvalue weighted by atomic mass is 16.5. The summed E-state index contributed by atoms with van der Waals surface area (Å²) in [5.41, 5.74) is 2.90. The first kappa shape index (κ1) is 25.0. The van der Waals surface area contributed by atoms with Gasteiger partial charge in [-0.15, -0.1) is 0 Å². The van der Waals surface area contributed by atoms with Crippen molar-refractivity contribution in [3.05, 3.63) is 89.5 Å². The van der Waals surface area contributed by atoms with E-state index in [9.17, 15) is 9.59 Å². The van der Waals surface area contributed by atoms with E-state index < -0.39 is 5.97 Å². The van der Waals surface area contributed by atoms with Crippen LogP contribution in [0.4, 0.5) is 5.69 Å². The van der Waals surface area contributed by atoms with Crippen molar-refractivity contribution in [2.75, 3.05) is 32.5 Å². The van der Waals surface area contributed by atoms with Gasteiger partial charge in [-0.1, -0.05) is 30.3 Å². The third-order valence-corrected chi connectivity index (χ3v) is 5.18. The summed E-state index contributed by atoms with van der Waals surface area (Å²) in [5, 5.41) is 15.0. The minimum Gasteiger partial charge on any atom is -0.478 e. The van der Waals surface area contributed by atoms with Crippen LogP contribution >= 0.6 is 0 Å². The minimum absolute atomic E-state index is 0.138. The van der Waals surface area contributed by atoms with Gasteiger partial charge in [0.15, 0.2) is 0 Å². The molecule has 0 aromatic heterocycles. The third kappa shape index (κ3) is 8.03. The summed E-state index contributed by atoms with van der Waals surface area (Å²) in [6.45, 7) is 1.56. The first-order valence-corrected chi connectivity index (χ1v) is 11.2. The molecule has 0 aliphatic rings. The van der Waals surface area contributed by atoms with E-state index in [-0.39, 0.29) is 18.0 Å². The Morgan fingerprint density at radius 3 is 2.38 bits per heavy atom. The number of aryl methyl sites for hydroxylation is 1. The maximum Gasteiger partial charge on any atom is 0.335 e. The molecule has 3 N–H and O–H groups in total. The van der Waals surface area contributed by atoms with Crippen LogP contribution in [0.15, 0.2) is 72.8 Å². The van der Waals surface area contributed by atoms with Crippen molar-refractivity contribution >= 4 is 17.6 Å². The molecule has 0 spiro atoms. The standard InChI is InChI=1S/C27H31N3O4/c1-30(2)16-6-7-22-17-23(14-15-25(22)34-24-8-4-3-5-9-24)29-26(31)19-28-18-20-10-12-21(13-11-20)27(32)33/h3-5,8-15,17,28H,6-7,16,18-19H2,1-2H3,(H,29,31)(H,32,33). The fraction of sp³-hybridized carbons (Fsp3) is 0.259. The molecule has 0 saturated carbocycles. The number of rotatable bonds is 12.